The van der Waals surface area contributed by atoms with E-state index in [0.29, 0.717) is 11.6 Å². The quantitative estimate of drug-likeness (QED) is 0.772. The monoisotopic (exact) mass is 387 g/mol. The van der Waals surface area contributed by atoms with Gasteiger partial charge in [0.1, 0.15) is 11.3 Å². The molecule has 9 heteroatoms. The fourth-order valence-electron chi connectivity index (χ4n) is 2.02. The number of phenolic OH excluding ortho intramolecular Hbond substituents is 1. The first-order valence-electron chi connectivity index (χ1n) is 7.22. The van der Waals surface area contributed by atoms with Crippen molar-refractivity contribution in [2.75, 3.05) is 11.9 Å². The normalized spacial score (nSPS) is 11.1. The molecule has 2 rings (SSSR count). The number of hydrogen-bond acceptors (Lipinski definition) is 4. The lowest BCUT2D eigenvalue weighted by Crippen LogP contribution is -2.21. The number of aryl methyl sites for hydroxylation is 1. The summed E-state index contributed by atoms with van der Waals surface area (Å²) in [5.41, 5.74) is -0.936. The van der Waals surface area contributed by atoms with Gasteiger partial charge in [0.25, 0.3) is 5.91 Å². The molecule has 1 amide bonds. The highest BCUT2D eigenvalue weighted by molar-refractivity contribution is 6.33. The number of amides is 1. The van der Waals surface area contributed by atoms with E-state index in [2.05, 4.69) is 5.32 Å². The number of hydrogen-bond donors (Lipinski definition) is 2. The Labute approximate surface area is 151 Å². The summed E-state index contributed by atoms with van der Waals surface area (Å²) >= 11 is 5.76. The molecule has 0 aliphatic heterocycles. The zero-order valence-electron chi connectivity index (χ0n) is 13.4. The van der Waals surface area contributed by atoms with Crippen LogP contribution in [0.1, 0.15) is 21.5 Å². The van der Waals surface area contributed by atoms with Crippen LogP contribution >= 0.6 is 11.6 Å². The van der Waals surface area contributed by atoms with Crippen molar-refractivity contribution in [3.63, 3.8) is 0 Å². The van der Waals surface area contributed by atoms with Gasteiger partial charge in [0.2, 0.25) is 0 Å². The first kappa shape index (κ1) is 19.6. The Morgan fingerprint density at radius 3 is 2.58 bits per heavy atom. The van der Waals surface area contributed by atoms with Gasteiger partial charge >= 0.3 is 12.1 Å². The van der Waals surface area contributed by atoms with Crippen molar-refractivity contribution in [2.45, 2.75) is 13.1 Å². The Kier molecular flexibility index (Phi) is 5.76. The van der Waals surface area contributed by atoms with E-state index in [1.165, 1.54) is 12.1 Å². The molecule has 2 aromatic carbocycles. The second-order valence-electron chi connectivity index (χ2n) is 5.29. The van der Waals surface area contributed by atoms with Gasteiger partial charge in [-0.2, -0.15) is 13.2 Å². The first-order valence-corrected chi connectivity index (χ1v) is 7.59. The maximum Gasteiger partial charge on any atom is 0.416 e. The molecule has 0 unspecified atom stereocenters. The molecule has 2 N–H and O–H groups in total. The molecule has 0 aliphatic rings. The Morgan fingerprint density at radius 1 is 1.23 bits per heavy atom. The van der Waals surface area contributed by atoms with Gasteiger partial charge in [-0.05, 0) is 36.8 Å². The Hall–Kier alpha value is -2.74. The van der Waals surface area contributed by atoms with Crippen LogP contribution in [-0.4, -0.2) is 23.6 Å². The van der Waals surface area contributed by atoms with Crippen LogP contribution in [0.5, 0.6) is 5.75 Å². The van der Waals surface area contributed by atoms with Crippen LogP contribution in [0.4, 0.5) is 18.9 Å². The third-order valence-electron chi connectivity index (χ3n) is 3.36. The third-order valence-corrected chi connectivity index (χ3v) is 3.69. The van der Waals surface area contributed by atoms with Gasteiger partial charge in [0, 0.05) is 0 Å². The molecule has 0 heterocycles. The number of alkyl halides is 3. The number of para-hydroxylation sites is 1. The second kappa shape index (κ2) is 7.65. The van der Waals surface area contributed by atoms with Crippen LogP contribution in [0, 0.1) is 6.92 Å². The van der Waals surface area contributed by atoms with Crippen LogP contribution in [0.15, 0.2) is 36.4 Å². The van der Waals surface area contributed by atoms with Crippen LogP contribution in [-0.2, 0) is 15.7 Å². The van der Waals surface area contributed by atoms with Crippen LogP contribution < -0.4 is 5.32 Å². The summed E-state index contributed by atoms with van der Waals surface area (Å²) in [6, 6.07) is 6.86. The molecule has 0 spiro atoms. The first-order chi connectivity index (χ1) is 12.1. The van der Waals surface area contributed by atoms with Crippen molar-refractivity contribution in [3.05, 3.63) is 58.1 Å². The Morgan fingerprint density at radius 2 is 1.92 bits per heavy atom. The lowest BCUT2D eigenvalue weighted by molar-refractivity contribution is -0.137. The summed E-state index contributed by atoms with van der Waals surface area (Å²) in [6.45, 7) is 0.813. The summed E-state index contributed by atoms with van der Waals surface area (Å²) in [7, 11) is 0. The minimum absolute atomic E-state index is 0.103. The van der Waals surface area contributed by atoms with Crippen molar-refractivity contribution < 1.29 is 32.6 Å². The summed E-state index contributed by atoms with van der Waals surface area (Å²) in [6.07, 6.45) is -4.60. The molecule has 0 fully saturated rings. The Bertz CT molecular complexity index is 852. The van der Waals surface area contributed by atoms with Crippen molar-refractivity contribution in [3.8, 4) is 5.75 Å². The van der Waals surface area contributed by atoms with Gasteiger partial charge in [-0.25, -0.2) is 4.79 Å². The van der Waals surface area contributed by atoms with E-state index in [4.69, 9.17) is 16.3 Å². The zero-order valence-corrected chi connectivity index (χ0v) is 14.1. The number of ether oxygens (including phenoxy) is 1. The molecular weight excluding hydrogens is 375 g/mol. The van der Waals surface area contributed by atoms with Crippen molar-refractivity contribution in [2.24, 2.45) is 0 Å². The van der Waals surface area contributed by atoms with Gasteiger partial charge in [-0.15, -0.1) is 0 Å². The minimum Gasteiger partial charge on any atom is -0.507 e. The summed E-state index contributed by atoms with van der Waals surface area (Å²) in [4.78, 5) is 23.7. The third kappa shape index (κ3) is 4.66. The van der Waals surface area contributed by atoms with E-state index in [1.54, 1.807) is 13.0 Å². The molecule has 0 radical (unpaired) electrons. The smallest absolute Gasteiger partial charge is 0.416 e. The SMILES string of the molecule is Cc1cccc(C(=O)OCC(=O)Nc2cc(C(F)(F)F)ccc2Cl)c1O. The molecule has 26 heavy (non-hydrogen) atoms. The zero-order chi connectivity index (χ0) is 19.5. The highest BCUT2D eigenvalue weighted by Crippen LogP contribution is 2.33. The highest BCUT2D eigenvalue weighted by atomic mass is 35.5. The van der Waals surface area contributed by atoms with Gasteiger partial charge in [0.05, 0.1) is 16.3 Å². The van der Waals surface area contributed by atoms with Crippen LogP contribution in [0.3, 0.4) is 0 Å². The second-order valence-corrected chi connectivity index (χ2v) is 5.69. The van der Waals surface area contributed by atoms with E-state index in [9.17, 15) is 27.9 Å². The minimum atomic E-state index is -4.60. The predicted octanol–water partition coefficient (Wildman–Crippen LogP) is 4.17. The highest BCUT2D eigenvalue weighted by Gasteiger charge is 2.31. The predicted molar refractivity (Wildman–Crippen MR) is 88.2 cm³/mol. The number of carbonyl (C=O) groups excluding carboxylic acids is 2. The van der Waals surface area contributed by atoms with E-state index in [0.717, 1.165) is 12.1 Å². The van der Waals surface area contributed by atoms with E-state index >= 15 is 0 Å². The van der Waals surface area contributed by atoms with Gasteiger partial charge in [-0.1, -0.05) is 23.7 Å². The lowest BCUT2D eigenvalue weighted by atomic mass is 10.1. The topological polar surface area (TPSA) is 75.6 Å². The molecular formula is C17H13ClF3NO4. The fraction of sp³-hybridized carbons (Fsp3) is 0.176. The molecule has 138 valence electrons. The largest absolute Gasteiger partial charge is 0.507 e. The molecule has 0 aromatic heterocycles. The number of phenols is 1. The van der Waals surface area contributed by atoms with Crippen molar-refractivity contribution >= 4 is 29.2 Å². The number of carbonyl (C=O) groups is 2. The van der Waals surface area contributed by atoms with E-state index in [-0.39, 0.29) is 22.0 Å². The fourth-order valence-corrected chi connectivity index (χ4v) is 2.18. The average Bonchev–Trinajstić information content (AvgIpc) is 2.56. The van der Waals surface area contributed by atoms with Crippen LogP contribution in [0.2, 0.25) is 5.02 Å². The van der Waals surface area contributed by atoms with Crippen molar-refractivity contribution in [1.82, 2.24) is 0 Å². The molecule has 0 bridgehead atoms. The molecule has 0 saturated heterocycles. The summed E-state index contributed by atoms with van der Waals surface area (Å²) < 4.78 is 42.9. The maximum atomic E-state index is 12.7. The molecule has 2 aromatic rings. The molecule has 0 atom stereocenters. The summed E-state index contributed by atoms with van der Waals surface area (Å²) in [5, 5.41) is 11.8. The lowest BCUT2D eigenvalue weighted by Gasteiger charge is -2.12. The number of esters is 1. The van der Waals surface area contributed by atoms with Gasteiger partial charge in [0.15, 0.2) is 6.61 Å². The van der Waals surface area contributed by atoms with Gasteiger partial charge < -0.3 is 15.2 Å². The van der Waals surface area contributed by atoms with Crippen LogP contribution in [0.25, 0.3) is 0 Å². The number of benzene rings is 2. The number of rotatable bonds is 4. The van der Waals surface area contributed by atoms with Crippen molar-refractivity contribution in [1.29, 1.82) is 0 Å². The number of aromatic hydroxyl groups is 1. The Balaban J connectivity index is 2.03. The standard InChI is InChI=1S/C17H13ClF3NO4/c1-9-3-2-4-11(15(9)24)16(25)26-8-14(23)22-13-7-10(17(19,20)21)5-6-12(13)18/h2-7,24H,8H2,1H3,(H,22,23). The molecule has 0 aliphatic carbocycles. The number of halogens is 4. The average molecular weight is 388 g/mol. The maximum absolute atomic E-state index is 12.7. The van der Waals surface area contributed by atoms with E-state index < -0.39 is 30.2 Å². The van der Waals surface area contributed by atoms with Gasteiger partial charge in [-0.3, -0.25) is 4.79 Å². The molecule has 5 nitrogen and oxygen atoms in total. The number of anilines is 1. The van der Waals surface area contributed by atoms with E-state index in [1.807, 2.05) is 0 Å². The number of nitrogens with one attached hydrogen (secondary N) is 1. The summed E-state index contributed by atoms with van der Waals surface area (Å²) in [5.74, 6) is -2.11. The molecule has 0 saturated carbocycles.